The van der Waals surface area contributed by atoms with Crippen molar-refractivity contribution in [2.45, 2.75) is 30.2 Å². The number of nitrogens with zero attached hydrogens (tertiary/aromatic N) is 2. The lowest BCUT2D eigenvalue weighted by Gasteiger charge is -2.11. The molecule has 6 nitrogen and oxygen atoms in total. The largest absolute Gasteiger partial charge is 0.573 e. The third-order valence-corrected chi connectivity index (χ3v) is 5.54. The lowest BCUT2D eigenvalue weighted by Crippen LogP contribution is -2.17. The molecular weight excluding hydrogens is 455 g/mol. The van der Waals surface area contributed by atoms with Crippen molar-refractivity contribution in [1.29, 1.82) is 0 Å². The zero-order chi connectivity index (χ0) is 22.0. The number of rotatable bonds is 7. The second-order valence-electron chi connectivity index (χ2n) is 6.64. The Kier molecular flexibility index (Phi) is 6.01. The quantitative estimate of drug-likeness (QED) is 0.503. The zero-order valence-corrected chi connectivity index (χ0v) is 17.3. The molecule has 0 spiro atoms. The van der Waals surface area contributed by atoms with Gasteiger partial charge in [0.15, 0.2) is 11.0 Å². The van der Waals surface area contributed by atoms with Crippen molar-refractivity contribution in [2.75, 3.05) is 4.72 Å². The van der Waals surface area contributed by atoms with E-state index in [2.05, 4.69) is 19.4 Å². The van der Waals surface area contributed by atoms with Crippen LogP contribution in [0.2, 0.25) is 5.02 Å². The highest BCUT2D eigenvalue weighted by molar-refractivity contribution is 7.86. The summed E-state index contributed by atoms with van der Waals surface area (Å²) in [6, 6.07) is 11.7. The van der Waals surface area contributed by atoms with Crippen LogP contribution in [0.25, 0.3) is 11.3 Å². The lowest BCUT2D eigenvalue weighted by molar-refractivity contribution is -0.274. The van der Waals surface area contributed by atoms with Crippen LogP contribution < -0.4 is 14.2 Å². The predicted octanol–water partition coefficient (Wildman–Crippen LogP) is 5.37. The fourth-order valence-corrected chi connectivity index (χ4v) is 3.70. The first-order valence-electron chi connectivity index (χ1n) is 9.10. The first-order valence-corrected chi connectivity index (χ1v) is 10.6. The highest BCUT2D eigenvalue weighted by Crippen LogP contribution is 2.34. The molecule has 4 rings (SSSR count). The predicted molar refractivity (Wildman–Crippen MR) is 109 cm³/mol. The SMILES string of the molecule is O=S(Nc1cc(-c2ccc(OC3CC3)c(Cl)c2)ncn1)c1cccc(OC(F)(F)F)c1. The van der Waals surface area contributed by atoms with Crippen LogP contribution in [0, 0.1) is 0 Å². The van der Waals surface area contributed by atoms with Gasteiger partial charge in [0.25, 0.3) is 0 Å². The topological polar surface area (TPSA) is 73.3 Å². The monoisotopic (exact) mass is 469 g/mol. The van der Waals surface area contributed by atoms with E-state index in [9.17, 15) is 17.4 Å². The van der Waals surface area contributed by atoms with Gasteiger partial charge in [-0.3, -0.25) is 4.72 Å². The summed E-state index contributed by atoms with van der Waals surface area (Å²) < 4.78 is 62.0. The lowest BCUT2D eigenvalue weighted by atomic mass is 10.1. The van der Waals surface area contributed by atoms with Gasteiger partial charge >= 0.3 is 6.36 Å². The molecule has 31 heavy (non-hydrogen) atoms. The van der Waals surface area contributed by atoms with Gasteiger partial charge in [0, 0.05) is 11.6 Å². The van der Waals surface area contributed by atoms with Crippen molar-refractivity contribution in [3.63, 3.8) is 0 Å². The molecule has 1 saturated carbocycles. The number of benzene rings is 2. The number of alkyl halides is 3. The van der Waals surface area contributed by atoms with Gasteiger partial charge in [-0.25, -0.2) is 14.2 Å². The summed E-state index contributed by atoms with van der Waals surface area (Å²) in [4.78, 5) is 8.30. The van der Waals surface area contributed by atoms with Crippen molar-refractivity contribution in [3.05, 3.63) is 59.9 Å². The Morgan fingerprint density at radius 3 is 2.61 bits per heavy atom. The molecule has 1 unspecified atom stereocenters. The minimum atomic E-state index is -4.84. The Balaban J connectivity index is 1.49. The molecule has 0 amide bonds. The summed E-state index contributed by atoms with van der Waals surface area (Å²) in [5.74, 6) is 0.356. The van der Waals surface area contributed by atoms with Gasteiger partial charge in [-0.1, -0.05) is 17.7 Å². The van der Waals surface area contributed by atoms with Gasteiger partial charge < -0.3 is 9.47 Å². The van der Waals surface area contributed by atoms with E-state index in [4.69, 9.17) is 16.3 Å². The minimum absolute atomic E-state index is 0.0894. The van der Waals surface area contributed by atoms with Gasteiger partial charge in [-0.15, -0.1) is 13.2 Å². The van der Waals surface area contributed by atoms with Gasteiger partial charge in [0.05, 0.1) is 21.7 Å². The summed E-state index contributed by atoms with van der Waals surface area (Å²) in [5.41, 5.74) is 1.22. The maximum absolute atomic E-state index is 12.6. The van der Waals surface area contributed by atoms with Crippen molar-refractivity contribution >= 4 is 28.4 Å². The standard InChI is InChI=1S/C20H15ClF3N3O3S/c21-16-8-12(4-7-18(16)29-13-5-6-13)17-10-19(26-11-25-17)27-31(28)15-3-1-2-14(9-15)30-20(22,23)24/h1-4,7-11,13H,5-6H2,(H,25,26,27). The number of anilines is 1. The number of aromatic nitrogens is 2. The Labute approximate surface area is 183 Å². The highest BCUT2D eigenvalue weighted by atomic mass is 35.5. The number of halogens is 4. The molecule has 1 aromatic heterocycles. The molecule has 1 aliphatic rings. The number of hydrogen-bond acceptors (Lipinski definition) is 5. The highest BCUT2D eigenvalue weighted by Gasteiger charge is 2.31. The molecule has 0 radical (unpaired) electrons. The smallest absolute Gasteiger partial charge is 0.489 e. The van der Waals surface area contributed by atoms with Crippen molar-refractivity contribution in [1.82, 2.24) is 9.97 Å². The third-order valence-electron chi connectivity index (χ3n) is 4.16. The van der Waals surface area contributed by atoms with E-state index in [1.807, 2.05) is 0 Å². The van der Waals surface area contributed by atoms with Gasteiger partial charge in [-0.05, 0) is 49.2 Å². The van der Waals surface area contributed by atoms with Gasteiger partial charge in [0.1, 0.15) is 23.6 Å². The molecule has 3 aromatic rings. The first kappa shape index (κ1) is 21.4. The summed E-state index contributed by atoms with van der Waals surface area (Å²) in [5, 5.41) is 0.447. The molecule has 2 aromatic carbocycles. The molecule has 1 N–H and O–H groups in total. The Hall–Kier alpha value is -2.85. The fraction of sp³-hybridized carbons (Fsp3) is 0.200. The molecule has 0 aliphatic heterocycles. The van der Waals surface area contributed by atoms with E-state index in [1.165, 1.54) is 18.5 Å². The summed E-state index contributed by atoms with van der Waals surface area (Å²) in [7, 11) is -1.88. The van der Waals surface area contributed by atoms with Crippen molar-refractivity contribution < 1.29 is 26.9 Å². The Bertz CT molecular complexity index is 1130. The Morgan fingerprint density at radius 2 is 1.90 bits per heavy atom. The normalized spacial score (nSPS) is 14.7. The Morgan fingerprint density at radius 1 is 1.10 bits per heavy atom. The summed E-state index contributed by atoms with van der Waals surface area (Å²) in [6.07, 6.45) is -1.31. The number of ether oxygens (including phenoxy) is 2. The molecule has 162 valence electrons. The molecular formula is C20H15ClF3N3O3S. The van der Waals surface area contributed by atoms with E-state index >= 15 is 0 Å². The number of hydrogen-bond donors (Lipinski definition) is 1. The van der Waals surface area contributed by atoms with Crippen LogP contribution in [0.5, 0.6) is 11.5 Å². The van der Waals surface area contributed by atoms with E-state index in [0.29, 0.717) is 22.0 Å². The van der Waals surface area contributed by atoms with E-state index in [-0.39, 0.29) is 16.8 Å². The zero-order valence-electron chi connectivity index (χ0n) is 15.7. The average molecular weight is 470 g/mol. The van der Waals surface area contributed by atoms with E-state index < -0.39 is 23.1 Å². The van der Waals surface area contributed by atoms with Gasteiger partial charge in [0.2, 0.25) is 0 Å². The molecule has 0 bridgehead atoms. The van der Waals surface area contributed by atoms with Crippen LogP contribution in [-0.4, -0.2) is 26.6 Å². The van der Waals surface area contributed by atoms with Crippen molar-refractivity contribution in [2.24, 2.45) is 0 Å². The van der Waals surface area contributed by atoms with E-state index in [1.54, 1.807) is 24.3 Å². The molecule has 11 heteroatoms. The average Bonchev–Trinajstić information content (AvgIpc) is 3.53. The first-order chi connectivity index (χ1) is 14.8. The van der Waals surface area contributed by atoms with Gasteiger partial charge in [-0.2, -0.15) is 0 Å². The molecule has 1 aliphatic carbocycles. The maximum atomic E-state index is 12.6. The van der Waals surface area contributed by atoms with Crippen LogP contribution >= 0.6 is 11.6 Å². The number of nitrogens with one attached hydrogen (secondary N) is 1. The summed E-state index contributed by atoms with van der Waals surface area (Å²) in [6.45, 7) is 0. The maximum Gasteiger partial charge on any atom is 0.573 e. The second-order valence-corrected chi connectivity index (χ2v) is 8.26. The molecule has 0 saturated heterocycles. The van der Waals surface area contributed by atoms with Crippen LogP contribution in [0.3, 0.4) is 0 Å². The van der Waals surface area contributed by atoms with E-state index in [0.717, 1.165) is 25.0 Å². The fourth-order valence-electron chi connectivity index (χ4n) is 2.63. The van der Waals surface area contributed by atoms with Crippen LogP contribution in [0.15, 0.2) is 59.8 Å². The molecule has 1 fully saturated rings. The van der Waals surface area contributed by atoms with Crippen LogP contribution in [0.1, 0.15) is 12.8 Å². The minimum Gasteiger partial charge on any atom is -0.489 e. The van der Waals surface area contributed by atoms with Crippen LogP contribution in [-0.2, 0) is 11.0 Å². The third kappa shape index (κ3) is 5.86. The molecule has 1 heterocycles. The van der Waals surface area contributed by atoms with Crippen molar-refractivity contribution in [3.8, 4) is 22.8 Å². The van der Waals surface area contributed by atoms with Crippen LogP contribution in [0.4, 0.5) is 19.0 Å². The molecule has 1 atom stereocenters. The second kappa shape index (κ2) is 8.72. The summed E-state index contributed by atoms with van der Waals surface area (Å²) >= 11 is 6.29.